The van der Waals surface area contributed by atoms with Crippen molar-refractivity contribution in [1.82, 2.24) is 5.32 Å². The minimum Gasteiger partial charge on any atom is -0.493 e. The van der Waals surface area contributed by atoms with Crippen molar-refractivity contribution in [2.45, 2.75) is 26.4 Å². The molecule has 31 heavy (non-hydrogen) atoms. The van der Waals surface area contributed by atoms with Crippen LogP contribution in [0.5, 0.6) is 11.5 Å². The summed E-state index contributed by atoms with van der Waals surface area (Å²) >= 11 is 9.69. The lowest BCUT2D eigenvalue weighted by molar-refractivity contribution is -0.122. The van der Waals surface area contributed by atoms with Gasteiger partial charge in [-0.15, -0.1) is 0 Å². The van der Waals surface area contributed by atoms with Crippen LogP contribution in [0.2, 0.25) is 5.02 Å². The topological polar surface area (TPSA) is 84.9 Å². The van der Waals surface area contributed by atoms with E-state index in [1.165, 1.54) is 13.2 Å². The van der Waals surface area contributed by atoms with Gasteiger partial charge in [0.1, 0.15) is 5.57 Å². The van der Waals surface area contributed by atoms with Crippen LogP contribution in [0.25, 0.3) is 6.08 Å². The van der Waals surface area contributed by atoms with Gasteiger partial charge in [-0.2, -0.15) is 0 Å². The first kappa shape index (κ1) is 22.8. The first-order chi connectivity index (χ1) is 14.7. The Hall–Kier alpha value is -2.84. The van der Waals surface area contributed by atoms with Crippen LogP contribution >= 0.6 is 27.5 Å². The molecule has 2 aromatic rings. The van der Waals surface area contributed by atoms with Crippen LogP contribution in [0.1, 0.15) is 25.8 Å². The zero-order chi connectivity index (χ0) is 22.7. The number of benzene rings is 2. The molecule has 1 saturated heterocycles. The Morgan fingerprint density at radius 3 is 2.61 bits per heavy atom. The average Bonchev–Trinajstić information content (AvgIpc) is 2.72. The minimum atomic E-state index is -0.821. The van der Waals surface area contributed by atoms with Crippen molar-refractivity contribution in [3.05, 3.63) is 57.0 Å². The SMILES string of the molecule is CC[C@H](C)Oc1c(Cl)cc(/C=C2\C(=O)NC(=O)N(c3cccc(Br)c3)C2=O)cc1OC. The fourth-order valence-corrected chi connectivity index (χ4v) is 3.55. The molecule has 3 rings (SSSR count). The number of nitrogens with zero attached hydrogens (tertiary/aromatic N) is 1. The molecule has 1 fully saturated rings. The maximum atomic E-state index is 13.0. The number of rotatable bonds is 6. The first-order valence-electron chi connectivity index (χ1n) is 9.46. The number of carbonyl (C=O) groups is 3. The number of ether oxygens (including phenoxy) is 2. The van der Waals surface area contributed by atoms with Crippen molar-refractivity contribution in [2.75, 3.05) is 12.0 Å². The van der Waals surface area contributed by atoms with Gasteiger partial charge < -0.3 is 9.47 Å². The molecule has 0 unspecified atom stereocenters. The summed E-state index contributed by atoms with van der Waals surface area (Å²) in [6.07, 6.45) is 2.06. The van der Waals surface area contributed by atoms with E-state index in [1.807, 2.05) is 13.8 Å². The predicted octanol–water partition coefficient (Wildman–Crippen LogP) is 4.95. The second-order valence-corrected chi connectivity index (χ2v) is 8.13. The largest absolute Gasteiger partial charge is 0.493 e. The Morgan fingerprint density at radius 1 is 1.23 bits per heavy atom. The van der Waals surface area contributed by atoms with E-state index in [-0.39, 0.29) is 16.7 Å². The van der Waals surface area contributed by atoms with E-state index in [0.717, 1.165) is 11.3 Å². The first-order valence-corrected chi connectivity index (χ1v) is 10.6. The number of urea groups is 1. The summed E-state index contributed by atoms with van der Waals surface area (Å²) in [5.41, 5.74) is 0.553. The van der Waals surface area contributed by atoms with Crippen molar-refractivity contribution >= 4 is 57.1 Å². The van der Waals surface area contributed by atoms with Crippen molar-refractivity contribution in [3.8, 4) is 11.5 Å². The van der Waals surface area contributed by atoms with E-state index >= 15 is 0 Å². The van der Waals surface area contributed by atoms with E-state index in [9.17, 15) is 14.4 Å². The smallest absolute Gasteiger partial charge is 0.335 e. The van der Waals surface area contributed by atoms with E-state index in [0.29, 0.717) is 27.2 Å². The highest BCUT2D eigenvalue weighted by Crippen LogP contribution is 2.38. The number of nitrogens with one attached hydrogen (secondary N) is 1. The number of imide groups is 2. The highest BCUT2D eigenvalue weighted by molar-refractivity contribution is 9.10. The number of hydrogen-bond acceptors (Lipinski definition) is 5. The van der Waals surface area contributed by atoms with Crippen LogP contribution in [-0.2, 0) is 9.59 Å². The molecule has 0 radical (unpaired) electrons. The van der Waals surface area contributed by atoms with E-state index in [2.05, 4.69) is 21.2 Å². The fourth-order valence-electron chi connectivity index (χ4n) is 2.90. The van der Waals surface area contributed by atoms with Crippen LogP contribution in [0.3, 0.4) is 0 Å². The summed E-state index contributed by atoms with van der Waals surface area (Å²) in [4.78, 5) is 38.7. The Kier molecular flexibility index (Phi) is 7.02. The van der Waals surface area contributed by atoms with Crippen molar-refractivity contribution in [3.63, 3.8) is 0 Å². The molecule has 7 nitrogen and oxygen atoms in total. The number of hydrogen-bond donors (Lipinski definition) is 1. The molecule has 162 valence electrons. The maximum Gasteiger partial charge on any atom is 0.335 e. The third-order valence-electron chi connectivity index (χ3n) is 4.62. The van der Waals surface area contributed by atoms with E-state index < -0.39 is 17.8 Å². The van der Waals surface area contributed by atoms with Gasteiger partial charge in [0.25, 0.3) is 11.8 Å². The second-order valence-electron chi connectivity index (χ2n) is 6.81. The van der Waals surface area contributed by atoms with Gasteiger partial charge in [-0.1, -0.05) is 40.5 Å². The molecule has 2 aromatic carbocycles. The number of barbiturate groups is 1. The summed E-state index contributed by atoms with van der Waals surface area (Å²) in [5, 5.41) is 2.46. The number of carbonyl (C=O) groups excluding carboxylic acids is 3. The quantitative estimate of drug-likeness (QED) is 0.441. The molecule has 0 saturated carbocycles. The summed E-state index contributed by atoms with van der Waals surface area (Å²) < 4.78 is 11.9. The number of halogens is 2. The summed E-state index contributed by atoms with van der Waals surface area (Å²) in [6, 6.07) is 8.99. The molecule has 0 spiro atoms. The highest BCUT2D eigenvalue weighted by atomic mass is 79.9. The summed E-state index contributed by atoms with van der Waals surface area (Å²) in [5.74, 6) is -0.799. The normalized spacial score (nSPS) is 16.4. The number of amides is 4. The molecule has 1 aliphatic heterocycles. The lowest BCUT2D eigenvalue weighted by Gasteiger charge is -2.26. The standard InChI is InChI=1S/C22H20BrClN2O5/c1-4-12(2)31-19-17(24)9-13(10-18(19)30-3)8-16-20(27)25-22(29)26(21(16)28)15-7-5-6-14(23)11-15/h5-12H,4H2,1-3H3,(H,25,27,29)/b16-8+/t12-/m0/s1. The fraction of sp³-hybridized carbons (Fsp3) is 0.227. The van der Waals surface area contributed by atoms with Crippen molar-refractivity contribution < 1.29 is 23.9 Å². The zero-order valence-corrected chi connectivity index (χ0v) is 19.4. The molecule has 4 amide bonds. The van der Waals surface area contributed by atoms with Crippen molar-refractivity contribution in [2.24, 2.45) is 0 Å². The van der Waals surface area contributed by atoms with Crippen LogP contribution in [-0.4, -0.2) is 31.1 Å². The Morgan fingerprint density at radius 2 is 1.97 bits per heavy atom. The highest BCUT2D eigenvalue weighted by Gasteiger charge is 2.37. The lowest BCUT2D eigenvalue weighted by Crippen LogP contribution is -2.54. The van der Waals surface area contributed by atoms with Crippen LogP contribution < -0.4 is 19.7 Å². The molecule has 0 aliphatic carbocycles. The predicted molar refractivity (Wildman–Crippen MR) is 122 cm³/mol. The van der Waals surface area contributed by atoms with Gasteiger partial charge in [0, 0.05) is 4.47 Å². The minimum absolute atomic E-state index is 0.0777. The molecule has 1 heterocycles. The van der Waals surface area contributed by atoms with Gasteiger partial charge >= 0.3 is 6.03 Å². The van der Waals surface area contributed by atoms with Gasteiger partial charge in [-0.25, -0.2) is 9.69 Å². The van der Waals surface area contributed by atoms with E-state index in [4.69, 9.17) is 21.1 Å². The van der Waals surface area contributed by atoms with Crippen LogP contribution in [0.15, 0.2) is 46.4 Å². The Labute approximate surface area is 193 Å². The van der Waals surface area contributed by atoms with Crippen molar-refractivity contribution in [1.29, 1.82) is 0 Å². The average molecular weight is 508 g/mol. The van der Waals surface area contributed by atoms with Gasteiger partial charge in [0.05, 0.1) is 23.9 Å². The van der Waals surface area contributed by atoms with Gasteiger partial charge in [0.2, 0.25) is 0 Å². The second kappa shape index (κ2) is 9.53. The summed E-state index contributed by atoms with van der Waals surface area (Å²) in [6.45, 7) is 3.89. The molecule has 0 aromatic heterocycles. The number of methoxy groups -OCH3 is 1. The maximum absolute atomic E-state index is 13.0. The van der Waals surface area contributed by atoms with Gasteiger partial charge in [0.15, 0.2) is 11.5 Å². The third-order valence-corrected chi connectivity index (χ3v) is 5.40. The number of anilines is 1. The Balaban J connectivity index is 2.01. The van der Waals surface area contributed by atoms with Crippen LogP contribution in [0.4, 0.5) is 10.5 Å². The van der Waals surface area contributed by atoms with Gasteiger partial charge in [-0.05, 0) is 55.3 Å². The summed E-state index contributed by atoms with van der Waals surface area (Å²) in [7, 11) is 1.47. The van der Waals surface area contributed by atoms with Crippen LogP contribution in [0, 0.1) is 0 Å². The molecular weight excluding hydrogens is 488 g/mol. The molecular formula is C22H20BrClN2O5. The van der Waals surface area contributed by atoms with E-state index in [1.54, 1.807) is 36.4 Å². The molecule has 1 N–H and O–H groups in total. The van der Waals surface area contributed by atoms with Gasteiger partial charge in [-0.3, -0.25) is 14.9 Å². The molecule has 9 heteroatoms. The molecule has 1 aliphatic rings. The molecule has 1 atom stereocenters. The monoisotopic (exact) mass is 506 g/mol. The zero-order valence-electron chi connectivity index (χ0n) is 17.1. The lowest BCUT2D eigenvalue weighted by atomic mass is 10.1. The third kappa shape index (κ3) is 4.91. The molecule has 0 bridgehead atoms. The Bertz CT molecular complexity index is 1090.